The summed E-state index contributed by atoms with van der Waals surface area (Å²) >= 11 is 1.67. The molecular formula is C16H16N2OS. The van der Waals surface area contributed by atoms with Crippen molar-refractivity contribution in [3.05, 3.63) is 48.7 Å². The van der Waals surface area contributed by atoms with Crippen LogP contribution in [0.1, 0.15) is 0 Å². The van der Waals surface area contributed by atoms with Crippen LogP contribution in [0.2, 0.25) is 0 Å². The summed E-state index contributed by atoms with van der Waals surface area (Å²) in [6, 6.07) is 14.9. The van der Waals surface area contributed by atoms with Gasteiger partial charge in [-0.3, -0.25) is 0 Å². The fourth-order valence-corrected chi connectivity index (χ4v) is 2.93. The lowest BCUT2D eigenvalue weighted by Gasteiger charge is -2.01. The summed E-state index contributed by atoms with van der Waals surface area (Å²) in [7, 11) is 1.70. The fourth-order valence-electron chi connectivity index (χ4n) is 2.09. The summed E-state index contributed by atoms with van der Waals surface area (Å²) < 4.78 is 5.02. The van der Waals surface area contributed by atoms with E-state index in [1.807, 2.05) is 6.20 Å². The van der Waals surface area contributed by atoms with Gasteiger partial charge in [-0.25, -0.2) is 4.98 Å². The number of rotatable bonds is 5. The Bertz CT molecular complexity index is 708. The average Bonchev–Trinajstić information content (AvgIpc) is 2.96. The minimum atomic E-state index is 0.685. The Labute approximate surface area is 122 Å². The first-order valence-electron chi connectivity index (χ1n) is 6.54. The smallest absolute Gasteiger partial charge is 0.183 e. The van der Waals surface area contributed by atoms with Crippen molar-refractivity contribution in [1.82, 2.24) is 4.98 Å². The zero-order chi connectivity index (χ0) is 13.8. The predicted octanol–water partition coefficient (Wildman–Crippen LogP) is 4.02. The average molecular weight is 284 g/mol. The van der Waals surface area contributed by atoms with Crippen LogP contribution in [-0.4, -0.2) is 25.2 Å². The van der Waals surface area contributed by atoms with E-state index < -0.39 is 0 Å². The van der Waals surface area contributed by atoms with Crippen LogP contribution in [0.25, 0.3) is 21.2 Å². The molecule has 2 aromatic carbocycles. The zero-order valence-corrected chi connectivity index (χ0v) is 12.1. The SMILES string of the molecule is COCCNc1ncc(-c2ccc3ccccc3c2)s1. The van der Waals surface area contributed by atoms with Crippen LogP contribution < -0.4 is 5.32 Å². The maximum absolute atomic E-state index is 5.02. The zero-order valence-electron chi connectivity index (χ0n) is 11.3. The highest BCUT2D eigenvalue weighted by Crippen LogP contribution is 2.30. The highest BCUT2D eigenvalue weighted by Gasteiger charge is 2.05. The number of nitrogens with zero attached hydrogens (tertiary/aromatic N) is 1. The lowest BCUT2D eigenvalue weighted by atomic mass is 10.1. The Morgan fingerprint density at radius 2 is 2.00 bits per heavy atom. The largest absolute Gasteiger partial charge is 0.383 e. The number of aromatic nitrogens is 1. The van der Waals surface area contributed by atoms with Gasteiger partial charge < -0.3 is 10.1 Å². The molecule has 0 saturated carbocycles. The van der Waals surface area contributed by atoms with Crippen molar-refractivity contribution in [2.75, 3.05) is 25.6 Å². The number of hydrogen-bond donors (Lipinski definition) is 1. The van der Waals surface area contributed by atoms with Gasteiger partial charge in [-0.05, 0) is 22.4 Å². The molecule has 0 atom stereocenters. The summed E-state index contributed by atoms with van der Waals surface area (Å²) in [4.78, 5) is 5.57. The maximum atomic E-state index is 5.02. The van der Waals surface area contributed by atoms with E-state index in [0.717, 1.165) is 11.7 Å². The van der Waals surface area contributed by atoms with Gasteiger partial charge in [0.15, 0.2) is 5.13 Å². The Morgan fingerprint density at radius 3 is 2.85 bits per heavy atom. The highest BCUT2D eigenvalue weighted by molar-refractivity contribution is 7.18. The van der Waals surface area contributed by atoms with Crippen LogP contribution >= 0.6 is 11.3 Å². The quantitative estimate of drug-likeness (QED) is 0.718. The minimum Gasteiger partial charge on any atom is -0.383 e. The van der Waals surface area contributed by atoms with Gasteiger partial charge in [-0.1, -0.05) is 47.7 Å². The molecule has 0 aliphatic heterocycles. The molecule has 0 fully saturated rings. The number of benzene rings is 2. The van der Waals surface area contributed by atoms with Gasteiger partial charge in [0.2, 0.25) is 0 Å². The van der Waals surface area contributed by atoms with E-state index in [4.69, 9.17) is 4.74 Å². The van der Waals surface area contributed by atoms with Crippen LogP contribution in [0.4, 0.5) is 5.13 Å². The molecule has 1 N–H and O–H groups in total. The van der Waals surface area contributed by atoms with Crippen molar-refractivity contribution >= 4 is 27.2 Å². The first-order chi connectivity index (χ1) is 9.86. The Morgan fingerprint density at radius 1 is 1.15 bits per heavy atom. The molecule has 0 spiro atoms. The second kappa shape index (κ2) is 6.03. The third kappa shape index (κ3) is 2.81. The molecule has 4 heteroatoms. The third-order valence-electron chi connectivity index (χ3n) is 3.12. The molecule has 0 unspecified atom stereocenters. The second-order valence-electron chi connectivity index (χ2n) is 4.51. The first-order valence-corrected chi connectivity index (χ1v) is 7.36. The van der Waals surface area contributed by atoms with Gasteiger partial charge in [-0.15, -0.1) is 0 Å². The summed E-state index contributed by atoms with van der Waals surface area (Å²) in [5.41, 5.74) is 1.21. The molecule has 0 amide bonds. The van der Waals surface area contributed by atoms with Crippen LogP contribution in [0, 0.1) is 0 Å². The van der Waals surface area contributed by atoms with E-state index in [1.54, 1.807) is 18.4 Å². The van der Waals surface area contributed by atoms with Gasteiger partial charge in [0, 0.05) is 19.9 Å². The van der Waals surface area contributed by atoms with Crippen LogP contribution in [0.15, 0.2) is 48.7 Å². The van der Waals surface area contributed by atoms with Crippen molar-refractivity contribution in [2.24, 2.45) is 0 Å². The van der Waals surface area contributed by atoms with Crippen LogP contribution in [0.3, 0.4) is 0 Å². The van der Waals surface area contributed by atoms with E-state index in [-0.39, 0.29) is 0 Å². The van der Waals surface area contributed by atoms with Crippen molar-refractivity contribution in [3.8, 4) is 10.4 Å². The van der Waals surface area contributed by atoms with Gasteiger partial charge in [0.25, 0.3) is 0 Å². The summed E-state index contributed by atoms with van der Waals surface area (Å²) in [5, 5.41) is 6.71. The van der Waals surface area contributed by atoms with Crippen molar-refractivity contribution < 1.29 is 4.74 Å². The normalized spacial score (nSPS) is 10.8. The third-order valence-corrected chi connectivity index (χ3v) is 4.13. The number of fused-ring (bicyclic) bond motifs is 1. The molecule has 1 heterocycles. The van der Waals surface area contributed by atoms with Gasteiger partial charge in [0.05, 0.1) is 11.5 Å². The van der Waals surface area contributed by atoms with Gasteiger partial charge in [-0.2, -0.15) is 0 Å². The lowest BCUT2D eigenvalue weighted by Crippen LogP contribution is -2.06. The fraction of sp³-hybridized carbons (Fsp3) is 0.188. The monoisotopic (exact) mass is 284 g/mol. The van der Waals surface area contributed by atoms with Gasteiger partial charge >= 0.3 is 0 Å². The lowest BCUT2D eigenvalue weighted by molar-refractivity contribution is 0.211. The molecule has 20 heavy (non-hydrogen) atoms. The van der Waals surface area contributed by atoms with Gasteiger partial charge in [0.1, 0.15) is 0 Å². The second-order valence-corrected chi connectivity index (χ2v) is 5.54. The van der Waals surface area contributed by atoms with E-state index in [1.165, 1.54) is 21.2 Å². The number of anilines is 1. The standard InChI is InChI=1S/C16H16N2OS/c1-19-9-8-17-16-18-11-15(20-16)14-7-6-12-4-2-3-5-13(12)10-14/h2-7,10-11H,8-9H2,1H3,(H,17,18). The molecule has 102 valence electrons. The molecule has 0 aliphatic rings. The number of hydrogen-bond acceptors (Lipinski definition) is 4. The predicted molar refractivity (Wildman–Crippen MR) is 85.4 cm³/mol. The van der Waals surface area contributed by atoms with E-state index in [9.17, 15) is 0 Å². The maximum Gasteiger partial charge on any atom is 0.183 e. The molecule has 0 radical (unpaired) electrons. The molecule has 3 aromatic rings. The molecule has 0 saturated heterocycles. The Hall–Kier alpha value is -1.91. The number of nitrogens with one attached hydrogen (secondary N) is 1. The molecule has 0 aliphatic carbocycles. The van der Waals surface area contributed by atoms with Crippen molar-refractivity contribution in [1.29, 1.82) is 0 Å². The van der Waals surface area contributed by atoms with E-state index >= 15 is 0 Å². The summed E-state index contributed by atoms with van der Waals surface area (Å²) in [6.07, 6.45) is 1.92. The summed E-state index contributed by atoms with van der Waals surface area (Å²) in [5.74, 6) is 0. The van der Waals surface area contributed by atoms with E-state index in [2.05, 4.69) is 52.8 Å². The topological polar surface area (TPSA) is 34.1 Å². The first kappa shape index (κ1) is 13.1. The minimum absolute atomic E-state index is 0.685. The summed E-state index contributed by atoms with van der Waals surface area (Å²) in [6.45, 7) is 1.46. The molecule has 3 rings (SSSR count). The number of methoxy groups -OCH3 is 1. The number of ether oxygens (including phenoxy) is 1. The molecular weight excluding hydrogens is 268 g/mol. The van der Waals surface area contributed by atoms with E-state index in [0.29, 0.717) is 6.61 Å². The van der Waals surface area contributed by atoms with Crippen LogP contribution in [-0.2, 0) is 4.74 Å². The molecule has 3 nitrogen and oxygen atoms in total. The highest BCUT2D eigenvalue weighted by atomic mass is 32.1. The Kier molecular flexibility index (Phi) is 3.95. The number of thiazole rings is 1. The van der Waals surface area contributed by atoms with Crippen molar-refractivity contribution in [3.63, 3.8) is 0 Å². The van der Waals surface area contributed by atoms with Crippen molar-refractivity contribution in [2.45, 2.75) is 0 Å². The molecule has 1 aromatic heterocycles. The Balaban J connectivity index is 1.83. The van der Waals surface area contributed by atoms with Crippen LogP contribution in [0.5, 0.6) is 0 Å². The molecule has 0 bridgehead atoms.